The third kappa shape index (κ3) is 3.55. The summed E-state index contributed by atoms with van der Waals surface area (Å²) in [4.78, 5) is 0.168. The van der Waals surface area contributed by atoms with E-state index in [1.165, 1.54) is 5.56 Å². The van der Waals surface area contributed by atoms with Gasteiger partial charge in [0.15, 0.2) is 0 Å². The van der Waals surface area contributed by atoms with Gasteiger partial charge in [0.2, 0.25) is 0 Å². The number of halogens is 2. The van der Waals surface area contributed by atoms with Gasteiger partial charge in [0.25, 0.3) is 0 Å². The average Bonchev–Trinajstić information content (AvgIpc) is 2.47. The maximum atomic E-state index is 5.45. The third-order valence-electron chi connectivity index (χ3n) is 3.12. The van der Waals surface area contributed by atoms with Crippen LogP contribution in [0.15, 0.2) is 46.9 Å². The van der Waals surface area contributed by atoms with Crippen LogP contribution in [0.25, 0.3) is 0 Å². The molecule has 2 aromatic carbocycles. The van der Waals surface area contributed by atoms with Gasteiger partial charge in [-0.2, -0.15) is 0 Å². The Bertz CT molecular complexity index is 584. The lowest BCUT2D eigenvalue weighted by atomic mass is 10.0. The highest BCUT2D eigenvalue weighted by Crippen LogP contribution is 2.37. The molecule has 1 unspecified atom stereocenters. The Morgan fingerprint density at radius 2 is 1.70 bits per heavy atom. The fourth-order valence-corrected chi connectivity index (χ4v) is 3.19. The molecule has 0 N–H and O–H groups in total. The minimum Gasteiger partial charge on any atom is -0.496 e. The van der Waals surface area contributed by atoms with E-state index in [4.69, 9.17) is 9.47 Å². The van der Waals surface area contributed by atoms with Crippen LogP contribution in [0.2, 0.25) is 0 Å². The molecule has 0 bridgehead atoms. The molecular weight excluding hydrogens is 384 g/mol. The van der Waals surface area contributed by atoms with Gasteiger partial charge in [0, 0.05) is 14.9 Å². The molecule has 2 rings (SSSR count). The number of para-hydroxylation sites is 1. The molecule has 0 aliphatic rings. The molecule has 2 nitrogen and oxygen atoms in total. The predicted octanol–water partition coefficient (Wildman–Crippen LogP) is 5.15. The van der Waals surface area contributed by atoms with Crippen LogP contribution in [0, 0.1) is 0 Å². The molecule has 0 radical (unpaired) electrons. The molecule has 0 aliphatic carbocycles. The van der Waals surface area contributed by atoms with Crippen LogP contribution in [0.4, 0.5) is 0 Å². The summed E-state index contributed by atoms with van der Waals surface area (Å²) in [5, 5.41) is 0. The summed E-state index contributed by atoms with van der Waals surface area (Å²) in [5.41, 5.74) is 2.29. The summed E-state index contributed by atoms with van der Waals surface area (Å²) >= 11 is 7.21. The highest BCUT2D eigenvalue weighted by Gasteiger charge is 2.16. The van der Waals surface area contributed by atoms with Crippen LogP contribution < -0.4 is 9.47 Å². The molecule has 0 amide bonds. The van der Waals surface area contributed by atoms with Crippen LogP contribution in [0.1, 0.15) is 16.0 Å². The molecule has 0 fully saturated rings. The zero-order chi connectivity index (χ0) is 14.5. The Labute approximate surface area is 136 Å². The molecule has 20 heavy (non-hydrogen) atoms. The van der Waals surface area contributed by atoms with Gasteiger partial charge in [-0.25, -0.2) is 0 Å². The van der Waals surface area contributed by atoms with Crippen molar-refractivity contribution < 1.29 is 9.47 Å². The number of hydrogen-bond donors (Lipinski definition) is 0. The lowest BCUT2D eigenvalue weighted by Crippen LogP contribution is -2.00. The first-order chi connectivity index (χ1) is 9.65. The Morgan fingerprint density at radius 1 is 1.00 bits per heavy atom. The average molecular weight is 400 g/mol. The second kappa shape index (κ2) is 7.14. The zero-order valence-corrected chi connectivity index (χ0v) is 14.6. The van der Waals surface area contributed by atoms with Gasteiger partial charge in [-0.05, 0) is 30.2 Å². The highest BCUT2D eigenvalue weighted by atomic mass is 79.9. The first kappa shape index (κ1) is 15.4. The maximum Gasteiger partial charge on any atom is 0.124 e. The van der Waals surface area contributed by atoms with E-state index in [9.17, 15) is 0 Å². The lowest BCUT2D eigenvalue weighted by molar-refractivity contribution is 0.405. The standard InChI is InChI=1S/C16H16Br2O2/c1-19-15-6-4-3-5-11(15)9-14(18)13-8-7-12(17)10-16(13)20-2/h3-8,10,14H,9H2,1-2H3. The number of benzene rings is 2. The van der Waals surface area contributed by atoms with Crippen LogP contribution >= 0.6 is 31.9 Å². The van der Waals surface area contributed by atoms with Crippen LogP contribution in [0.3, 0.4) is 0 Å². The zero-order valence-electron chi connectivity index (χ0n) is 11.4. The fourth-order valence-electron chi connectivity index (χ4n) is 2.12. The Balaban J connectivity index is 2.26. The quantitative estimate of drug-likeness (QED) is 0.647. The Kier molecular flexibility index (Phi) is 5.49. The summed E-state index contributed by atoms with van der Waals surface area (Å²) in [5.74, 6) is 1.78. The molecule has 0 saturated carbocycles. The molecule has 0 spiro atoms. The van der Waals surface area contributed by atoms with Crippen molar-refractivity contribution in [3.8, 4) is 11.5 Å². The monoisotopic (exact) mass is 398 g/mol. The smallest absolute Gasteiger partial charge is 0.124 e. The SMILES string of the molecule is COc1ccccc1CC(Br)c1ccc(Br)cc1OC. The van der Waals surface area contributed by atoms with Gasteiger partial charge < -0.3 is 9.47 Å². The summed E-state index contributed by atoms with van der Waals surface area (Å²) < 4.78 is 11.9. The van der Waals surface area contributed by atoms with Gasteiger partial charge in [-0.3, -0.25) is 0 Å². The van der Waals surface area contributed by atoms with Gasteiger partial charge in [-0.15, -0.1) is 0 Å². The molecule has 0 saturated heterocycles. The Hall–Kier alpha value is -1.00. The van der Waals surface area contributed by atoms with E-state index in [0.717, 1.165) is 28.0 Å². The van der Waals surface area contributed by atoms with Crippen LogP contribution in [-0.4, -0.2) is 14.2 Å². The number of alkyl halides is 1. The third-order valence-corrected chi connectivity index (χ3v) is 4.43. The largest absolute Gasteiger partial charge is 0.496 e. The topological polar surface area (TPSA) is 18.5 Å². The van der Waals surface area contributed by atoms with Crippen molar-refractivity contribution in [1.82, 2.24) is 0 Å². The first-order valence-corrected chi connectivity index (χ1v) is 7.96. The molecular formula is C16H16Br2O2. The molecule has 0 aliphatic heterocycles. The second-order valence-corrected chi connectivity index (χ2v) is 6.39. The molecule has 4 heteroatoms. The van der Waals surface area contributed by atoms with E-state index in [2.05, 4.69) is 44.0 Å². The number of rotatable bonds is 5. The van der Waals surface area contributed by atoms with Crippen molar-refractivity contribution >= 4 is 31.9 Å². The van der Waals surface area contributed by atoms with Gasteiger partial charge >= 0.3 is 0 Å². The summed E-state index contributed by atoms with van der Waals surface area (Å²) in [6, 6.07) is 14.1. The van der Waals surface area contributed by atoms with Crippen molar-refractivity contribution in [2.75, 3.05) is 14.2 Å². The van der Waals surface area contributed by atoms with Crippen molar-refractivity contribution in [2.24, 2.45) is 0 Å². The van der Waals surface area contributed by atoms with E-state index >= 15 is 0 Å². The first-order valence-electron chi connectivity index (χ1n) is 6.25. The normalized spacial score (nSPS) is 12.0. The fraction of sp³-hybridized carbons (Fsp3) is 0.250. The van der Waals surface area contributed by atoms with Gasteiger partial charge in [-0.1, -0.05) is 56.1 Å². The predicted molar refractivity (Wildman–Crippen MR) is 89.1 cm³/mol. The van der Waals surface area contributed by atoms with E-state index in [1.54, 1.807) is 14.2 Å². The van der Waals surface area contributed by atoms with Crippen molar-refractivity contribution in [3.63, 3.8) is 0 Å². The molecule has 106 valence electrons. The summed E-state index contributed by atoms with van der Waals surface area (Å²) in [6.07, 6.45) is 0.835. The van der Waals surface area contributed by atoms with Crippen LogP contribution in [-0.2, 0) is 6.42 Å². The molecule has 1 atom stereocenters. The summed E-state index contributed by atoms with van der Waals surface area (Å²) in [6.45, 7) is 0. The van der Waals surface area contributed by atoms with Crippen molar-refractivity contribution in [1.29, 1.82) is 0 Å². The van der Waals surface area contributed by atoms with Crippen molar-refractivity contribution in [3.05, 3.63) is 58.1 Å². The molecule has 0 heterocycles. The van der Waals surface area contributed by atoms with Crippen LogP contribution in [0.5, 0.6) is 11.5 Å². The second-order valence-electron chi connectivity index (χ2n) is 4.37. The lowest BCUT2D eigenvalue weighted by Gasteiger charge is -2.16. The molecule has 0 aromatic heterocycles. The maximum absolute atomic E-state index is 5.45. The van der Waals surface area contributed by atoms with E-state index in [0.29, 0.717) is 0 Å². The van der Waals surface area contributed by atoms with E-state index < -0.39 is 0 Å². The van der Waals surface area contributed by atoms with E-state index in [1.807, 2.05) is 30.3 Å². The minimum atomic E-state index is 0.168. The van der Waals surface area contributed by atoms with Gasteiger partial charge in [0.05, 0.1) is 14.2 Å². The number of methoxy groups -OCH3 is 2. The van der Waals surface area contributed by atoms with Crippen molar-refractivity contribution in [2.45, 2.75) is 11.2 Å². The number of hydrogen-bond acceptors (Lipinski definition) is 2. The van der Waals surface area contributed by atoms with Gasteiger partial charge in [0.1, 0.15) is 11.5 Å². The Morgan fingerprint density at radius 3 is 2.40 bits per heavy atom. The summed E-state index contributed by atoms with van der Waals surface area (Å²) in [7, 11) is 3.39. The minimum absolute atomic E-state index is 0.168. The number of ether oxygens (including phenoxy) is 2. The van der Waals surface area contributed by atoms with E-state index in [-0.39, 0.29) is 4.83 Å². The highest BCUT2D eigenvalue weighted by molar-refractivity contribution is 9.10. The molecule has 2 aromatic rings.